The van der Waals surface area contributed by atoms with Crippen LogP contribution < -0.4 is 5.32 Å². The van der Waals surface area contributed by atoms with Crippen molar-refractivity contribution < 1.29 is 14.3 Å². The van der Waals surface area contributed by atoms with Gasteiger partial charge >= 0.3 is 6.03 Å². The van der Waals surface area contributed by atoms with Crippen LogP contribution in [0.1, 0.15) is 32.6 Å². The highest BCUT2D eigenvalue weighted by Crippen LogP contribution is 2.35. The smallest absolute Gasteiger partial charge is 0.317 e. The molecule has 1 aliphatic carbocycles. The molecule has 1 saturated carbocycles. The number of fused-ring (bicyclic) bond motifs is 1. The van der Waals surface area contributed by atoms with Gasteiger partial charge in [-0.1, -0.05) is 13.5 Å². The lowest BCUT2D eigenvalue weighted by Gasteiger charge is -2.47. The summed E-state index contributed by atoms with van der Waals surface area (Å²) in [6.45, 7) is 9.04. The number of nitrogens with one attached hydrogen (secondary N) is 1. The lowest BCUT2D eigenvalue weighted by atomic mass is 9.74. The Balaban J connectivity index is 1.98. The standard InChI is InChI=1S/C18H31N3O3/c1-5-6-21-12-15(19-18(23)20(3)7-8-24-4)10-14-11-17(22)13(2)9-16(14)21/h14-16H,2,5-12H2,1,3-4H3,(H,19,23)/t14-,15+,16-/m1/s1. The highest BCUT2D eigenvalue weighted by atomic mass is 16.5. The summed E-state index contributed by atoms with van der Waals surface area (Å²) in [6.07, 6.45) is 3.28. The predicted octanol–water partition coefficient (Wildman–Crippen LogP) is 1.66. The molecule has 136 valence electrons. The van der Waals surface area contributed by atoms with Crippen LogP contribution in [0.25, 0.3) is 0 Å². The second-order valence-corrected chi connectivity index (χ2v) is 7.05. The molecule has 1 saturated heterocycles. The van der Waals surface area contributed by atoms with Gasteiger partial charge in [0.2, 0.25) is 0 Å². The van der Waals surface area contributed by atoms with E-state index in [2.05, 4.69) is 23.7 Å². The fourth-order valence-corrected chi connectivity index (χ4v) is 3.84. The number of nitrogens with zero attached hydrogens (tertiary/aromatic N) is 2. The van der Waals surface area contributed by atoms with Crippen LogP contribution in [0, 0.1) is 5.92 Å². The number of methoxy groups -OCH3 is 1. The number of hydrogen-bond acceptors (Lipinski definition) is 4. The molecule has 6 heteroatoms. The Morgan fingerprint density at radius 3 is 2.88 bits per heavy atom. The summed E-state index contributed by atoms with van der Waals surface area (Å²) in [5.41, 5.74) is 0.763. The van der Waals surface area contributed by atoms with Crippen LogP contribution in [-0.2, 0) is 9.53 Å². The van der Waals surface area contributed by atoms with Gasteiger partial charge in [-0.05, 0) is 37.3 Å². The molecule has 2 rings (SSSR count). The van der Waals surface area contributed by atoms with Gasteiger partial charge < -0.3 is 15.0 Å². The van der Waals surface area contributed by atoms with Crippen molar-refractivity contribution in [2.45, 2.75) is 44.7 Å². The van der Waals surface area contributed by atoms with Gasteiger partial charge in [-0.2, -0.15) is 0 Å². The van der Waals surface area contributed by atoms with Crippen LogP contribution >= 0.6 is 0 Å². The number of piperidine rings is 1. The summed E-state index contributed by atoms with van der Waals surface area (Å²) in [7, 11) is 3.40. The number of ether oxygens (including phenoxy) is 1. The number of hydrogen-bond donors (Lipinski definition) is 1. The third-order valence-electron chi connectivity index (χ3n) is 5.17. The van der Waals surface area contributed by atoms with Crippen LogP contribution in [0.2, 0.25) is 0 Å². The van der Waals surface area contributed by atoms with Crippen molar-refractivity contribution in [1.82, 2.24) is 15.1 Å². The van der Waals surface area contributed by atoms with Crippen molar-refractivity contribution in [1.29, 1.82) is 0 Å². The van der Waals surface area contributed by atoms with Crippen LogP contribution in [0.4, 0.5) is 4.79 Å². The molecule has 0 aromatic carbocycles. The fourth-order valence-electron chi connectivity index (χ4n) is 3.84. The Morgan fingerprint density at radius 2 is 2.21 bits per heavy atom. The zero-order valence-electron chi connectivity index (χ0n) is 15.2. The highest BCUT2D eigenvalue weighted by molar-refractivity contribution is 5.95. The number of likely N-dealkylation sites (N-methyl/N-ethyl adjacent to an activating group) is 1. The predicted molar refractivity (Wildman–Crippen MR) is 94.0 cm³/mol. The monoisotopic (exact) mass is 337 g/mol. The number of rotatable bonds is 6. The molecule has 0 spiro atoms. The molecule has 0 unspecified atom stereocenters. The summed E-state index contributed by atoms with van der Waals surface area (Å²) in [5, 5.41) is 3.13. The fraction of sp³-hybridized carbons (Fsp3) is 0.778. The first-order valence-electron chi connectivity index (χ1n) is 8.91. The summed E-state index contributed by atoms with van der Waals surface area (Å²) in [5.74, 6) is 0.509. The molecule has 0 bridgehead atoms. The number of carbonyl (C=O) groups excluding carboxylic acids is 2. The molecule has 2 fully saturated rings. The molecule has 1 heterocycles. The van der Waals surface area contributed by atoms with E-state index in [4.69, 9.17) is 4.74 Å². The summed E-state index contributed by atoms with van der Waals surface area (Å²) in [6, 6.07) is 0.419. The molecule has 0 aromatic rings. The van der Waals surface area contributed by atoms with Gasteiger partial charge in [0, 0.05) is 45.8 Å². The molecule has 0 aromatic heterocycles. The first-order valence-corrected chi connectivity index (χ1v) is 8.91. The Hall–Kier alpha value is -1.40. The molecule has 2 amide bonds. The van der Waals surface area contributed by atoms with E-state index in [1.807, 2.05) is 0 Å². The molecule has 3 atom stereocenters. The van der Waals surface area contributed by atoms with E-state index in [0.29, 0.717) is 31.5 Å². The average Bonchev–Trinajstić information content (AvgIpc) is 2.54. The molecule has 24 heavy (non-hydrogen) atoms. The van der Waals surface area contributed by atoms with E-state index in [0.717, 1.165) is 37.9 Å². The Bertz CT molecular complexity index is 480. The normalized spacial score (nSPS) is 27.7. The van der Waals surface area contributed by atoms with E-state index in [-0.39, 0.29) is 17.9 Å². The second kappa shape index (κ2) is 8.62. The Labute approximate surface area is 145 Å². The van der Waals surface area contributed by atoms with E-state index >= 15 is 0 Å². The van der Waals surface area contributed by atoms with Crippen molar-refractivity contribution in [3.63, 3.8) is 0 Å². The van der Waals surface area contributed by atoms with Gasteiger partial charge in [-0.3, -0.25) is 9.69 Å². The third-order valence-corrected chi connectivity index (χ3v) is 5.17. The molecule has 1 N–H and O–H groups in total. The SMILES string of the molecule is C=C1C[C@@H]2[C@@H](CC1=O)C[C@H](NC(=O)N(C)CCOC)CN2CCC. The lowest BCUT2D eigenvalue weighted by molar-refractivity contribution is -0.119. The zero-order valence-corrected chi connectivity index (χ0v) is 15.2. The molecular formula is C18H31N3O3. The van der Waals surface area contributed by atoms with Crippen LogP contribution in [-0.4, -0.2) is 74.1 Å². The highest BCUT2D eigenvalue weighted by Gasteiger charge is 2.41. The second-order valence-electron chi connectivity index (χ2n) is 7.05. The maximum Gasteiger partial charge on any atom is 0.317 e. The van der Waals surface area contributed by atoms with Gasteiger partial charge in [0.1, 0.15) is 0 Å². The van der Waals surface area contributed by atoms with Gasteiger partial charge in [-0.25, -0.2) is 4.79 Å². The minimum atomic E-state index is -0.0708. The number of urea groups is 1. The van der Waals surface area contributed by atoms with Crippen LogP contribution in [0.3, 0.4) is 0 Å². The third kappa shape index (κ3) is 4.57. The average molecular weight is 337 g/mol. The number of likely N-dealkylation sites (tertiary alicyclic amines) is 1. The van der Waals surface area contributed by atoms with E-state index in [1.54, 1.807) is 19.1 Å². The topological polar surface area (TPSA) is 61.9 Å². The summed E-state index contributed by atoms with van der Waals surface area (Å²) in [4.78, 5) is 28.4. The van der Waals surface area contributed by atoms with E-state index < -0.39 is 0 Å². The van der Waals surface area contributed by atoms with E-state index in [1.165, 1.54) is 0 Å². The summed E-state index contributed by atoms with van der Waals surface area (Å²) < 4.78 is 5.02. The largest absolute Gasteiger partial charge is 0.383 e. The van der Waals surface area contributed by atoms with Gasteiger partial charge in [0.05, 0.1) is 6.61 Å². The van der Waals surface area contributed by atoms with Crippen molar-refractivity contribution >= 4 is 11.8 Å². The van der Waals surface area contributed by atoms with E-state index in [9.17, 15) is 9.59 Å². The Morgan fingerprint density at radius 1 is 1.46 bits per heavy atom. The van der Waals surface area contributed by atoms with Gasteiger partial charge in [0.25, 0.3) is 0 Å². The molecular weight excluding hydrogens is 306 g/mol. The number of amides is 2. The quantitative estimate of drug-likeness (QED) is 0.749. The number of ketones is 1. The summed E-state index contributed by atoms with van der Waals surface area (Å²) >= 11 is 0. The first kappa shape index (κ1) is 18.9. The molecule has 6 nitrogen and oxygen atoms in total. The molecule has 2 aliphatic rings. The maximum atomic E-state index is 12.3. The van der Waals surface area contributed by atoms with Crippen molar-refractivity contribution in [2.24, 2.45) is 5.92 Å². The van der Waals surface area contributed by atoms with Crippen molar-refractivity contribution in [2.75, 3.05) is 40.4 Å². The first-order chi connectivity index (χ1) is 11.5. The zero-order chi connectivity index (χ0) is 17.7. The Kier molecular flexibility index (Phi) is 6.80. The molecule has 0 radical (unpaired) electrons. The molecule has 1 aliphatic heterocycles. The maximum absolute atomic E-state index is 12.3. The van der Waals surface area contributed by atoms with Crippen molar-refractivity contribution in [3.05, 3.63) is 12.2 Å². The van der Waals surface area contributed by atoms with Gasteiger partial charge in [-0.15, -0.1) is 0 Å². The van der Waals surface area contributed by atoms with Crippen molar-refractivity contribution in [3.8, 4) is 0 Å². The van der Waals surface area contributed by atoms with Gasteiger partial charge in [0.15, 0.2) is 5.78 Å². The minimum absolute atomic E-state index is 0.0708. The van der Waals surface area contributed by atoms with Crippen LogP contribution in [0.15, 0.2) is 12.2 Å². The minimum Gasteiger partial charge on any atom is -0.383 e. The number of Topliss-reactive ketones (excluding diaryl/α,β-unsaturated/α-hetero) is 1. The van der Waals surface area contributed by atoms with Crippen LogP contribution in [0.5, 0.6) is 0 Å². The number of carbonyl (C=O) groups is 2. The lowest BCUT2D eigenvalue weighted by Crippen LogP contribution is -2.58.